The highest BCUT2D eigenvalue weighted by atomic mass is 16.5. The molecule has 0 spiro atoms. The number of methoxy groups -OCH3 is 2. The average Bonchev–Trinajstić information content (AvgIpc) is 2.87. The smallest absolute Gasteiger partial charge is 0.316 e. The minimum Gasteiger partial charge on any atom is -0.497 e. The highest BCUT2D eigenvalue weighted by molar-refractivity contribution is 5.90. The van der Waals surface area contributed by atoms with Crippen LogP contribution in [0.5, 0.6) is 11.5 Å². The molecule has 26 heavy (non-hydrogen) atoms. The van der Waals surface area contributed by atoms with Gasteiger partial charge in [-0.15, -0.1) is 0 Å². The van der Waals surface area contributed by atoms with Gasteiger partial charge in [0, 0.05) is 5.56 Å². The summed E-state index contributed by atoms with van der Waals surface area (Å²) in [6.45, 7) is 1.85. The number of amides is 3. The van der Waals surface area contributed by atoms with Gasteiger partial charge < -0.3 is 25.8 Å². The van der Waals surface area contributed by atoms with Gasteiger partial charge in [0.15, 0.2) is 0 Å². The molecular weight excluding hydrogens is 334 g/mol. The molecule has 1 aliphatic rings. The molecule has 144 valence electrons. The van der Waals surface area contributed by atoms with Crippen molar-refractivity contribution in [2.24, 2.45) is 5.73 Å². The zero-order chi connectivity index (χ0) is 19.2. The zero-order valence-electron chi connectivity index (χ0n) is 15.8. The van der Waals surface area contributed by atoms with Crippen LogP contribution in [-0.2, 0) is 4.79 Å². The molecule has 1 aromatic carbocycles. The molecule has 4 N–H and O–H groups in total. The monoisotopic (exact) mass is 363 g/mol. The molecule has 1 aromatic rings. The van der Waals surface area contributed by atoms with Crippen molar-refractivity contribution in [3.8, 4) is 11.5 Å². The third kappa shape index (κ3) is 4.59. The lowest BCUT2D eigenvalue weighted by molar-refractivity contribution is -0.124. The van der Waals surface area contributed by atoms with Crippen LogP contribution in [0.2, 0.25) is 0 Å². The maximum atomic E-state index is 12.6. The number of carbonyl (C=O) groups excluding carboxylic acids is 2. The van der Waals surface area contributed by atoms with Crippen LogP contribution < -0.4 is 25.8 Å². The standard InChI is InChI=1S/C19H29N3O4/c1-13(15-12-14(25-2)8-9-16(15)26-3)21-18(24)22-19(17(20)23)10-6-4-5-7-11-19/h8-9,12-13H,4-7,10-11H2,1-3H3,(H2,20,23)(H2,21,22,24)/t13-/m0/s1. The van der Waals surface area contributed by atoms with E-state index in [1.54, 1.807) is 26.4 Å². The number of carbonyl (C=O) groups is 2. The highest BCUT2D eigenvalue weighted by Crippen LogP contribution is 2.30. The fraction of sp³-hybridized carbons (Fsp3) is 0.579. The summed E-state index contributed by atoms with van der Waals surface area (Å²) >= 11 is 0. The normalized spacial score (nSPS) is 17.5. The molecule has 3 amide bonds. The molecule has 7 heteroatoms. The van der Waals surface area contributed by atoms with E-state index < -0.39 is 17.5 Å². The van der Waals surface area contributed by atoms with E-state index >= 15 is 0 Å². The van der Waals surface area contributed by atoms with E-state index in [1.165, 1.54) is 0 Å². The first-order chi connectivity index (χ1) is 12.4. The number of primary amides is 1. The number of benzene rings is 1. The molecule has 0 aliphatic heterocycles. The number of ether oxygens (including phenoxy) is 2. The van der Waals surface area contributed by atoms with Gasteiger partial charge in [-0.1, -0.05) is 25.7 Å². The van der Waals surface area contributed by atoms with Gasteiger partial charge in [-0.25, -0.2) is 4.79 Å². The lowest BCUT2D eigenvalue weighted by Gasteiger charge is -2.31. The first kappa shape index (κ1) is 19.9. The fourth-order valence-electron chi connectivity index (χ4n) is 3.47. The Labute approximate surface area is 154 Å². The minimum absolute atomic E-state index is 0.337. The number of rotatable bonds is 6. The van der Waals surface area contributed by atoms with E-state index in [4.69, 9.17) is 15.2 Å². The summed E-state index contributed by atoms with van der Waals surface area (Å²) in [6.07, 6.45) is 5.01. The largest absolute Gasteiger partial charge is 0.497 e. The van der Waals surface area contributed by atoms with Crippen molar-refractivity contribution in [2.45, 2.75) is 57.0 Å². The van der Waals surface area contributed by atoms with E-state index in [2.05, 4.69) is 10.6 Å². The Morgan fingerprint density at radius 1 is 1.12 bits per heavy atom. The van der Waals surface area contributed by atoms with Gasteiger partial charge in [-0.05, 0) is 38.0 Å². The molecule has 1 saturated carbocycles. The van der Waals surface area contributed by atoms with Crippen molar-refractivity contribution in [2.75, 3.05) is 14.2 Å². The number of nitrogens with one attached hydrogen (secondary N) is 2. The summed E-state index contributed by atoms with van der Waals surface area (Å²) in [6, 6.07) is 4.65. The Kier molecular flexibility index (Phi) is 6.71. The van der Waals surface area contributed by atoms with Crippen LogP contribution in [0.4, 0.5) is 4.79 Å². The maximum absolute atomic E-state index is 12.6. The summed E-state index contributed by atoms with van der Waals surface area (Å²) in [4.78, 5) is 24.6. The minimum atomic E-state index is -0.973. The van der Waals surface area contributed by atoms with Crippen molar-refractivity contribution in [3.63, 3.8) is 0 Å². The van der Waals surface area contributed by atoms with Crippen molar-refractivity contribution in [3.05, 3.63) is 23.8 Å². The van der Waals surface area contributed by atoms with Gasteiger partial charge in [0.05, 0.1) is 20.3 Å². The van der Waals surface area contributed by atoms with Gasteiger partial charge in [0.2, 0.25) is 5.91 Å². The first-order valence-electron chi connectivity index (χ1n) is 9.02. The third-order valence-corrected chi connectivity index (χ3v) is 5.03. The number of hydrogen-bond donors (Lipinski definition) is 3. The molecule has 0 unspecified atom stereocenters. The molecule has 1 fully saturated rings. The molecule has 7 nitrogen and oxygen atoms in total. The molecule has 1 atom stereocenters. The van der Waals surface area contributed by atoms with Crippen LogP contribution in [0.25, 0.3) is 0 Å². The van der Waals surface area contributed by atoms with E-state index in [0.717, 1.165) is 31.2 Å². The quantitative estimate of drug-likeness (QED) is 0.676. The van der Waals surface area contributed by atoms with Gasteiger partial charge in [0.25, 0.3) is 0 Å². The van der Waals surface area contributed by atoms with E-state index in [0.29, 0.717) is 24.3 Å². The van der Waals surface area contributed by atoms with E-state index in [9.17, 15) is 9.59 Å². The van der Waals surface area contributed by atoms with Crippen LogP contribution in [0.15, 0.2) is 18.2 Å². The van der Waals surface area contributed by atoms with Gasteiger partial charge in [-0.2, -0.15) is 0 Å². The summed E-state index contributed by atoms with van der Waals surface area (Å²) < 4.78 is 10.6. The Bertz CT molecular complexity index is 640. The summed E-state index contributed by atoms with van der Waals surface area (Å²) in [5.41, 5.74) is 5.44. The predicted molar refractivity (Wildman–Crippen MR) is 99.3 cm³/mol. The average molecular weight is 363 g/mol. The Hall–Kier alpha value is -2.44. The molecule has 2 rings (SSSR count). The van der Waals surface area contributed by atoms with Gasteiger partial charge in [-0.3, -0.25) is 4.79 Å². The second kappa shape index (κ2) is 8.78. The number of hydrogen-bond acceptors (Lipinski definition) is 4. The van der Waals surface area contributed by atoms with Gasteiger partial charge >= 0.3 is 6.03 Å². The van der Waals surface area contributed by atoms with Crippen molar-refractivity contribution in [1.29, 1.82) is 0 Å². The molecule has 0 aromatic heterocycles. The van der Waals surface area contributed by atoms with Crippen molar-refractivity contribution < 1.29 is 19.1 Å². The predicted octanol–water partition coefficient (Wildman–Crippen LogP) is 2.64. The number of nitrogens with two attached hydrogens (primary N) is 1. The van der Waals surface area contributed by atoms with Crippen LogP contribution in [0, 0.1) is 0 Å². The van der Waals surface area contributed by atoms with Crippen molar-refractivity contribution in [1.82, 2.24) is 10.6 Å². The number of urea groups is 1. The van der Waals surface area contributed by atoms with Crippen LogP contribution in [0.1, 0.15) is 57.1 Å². The second-order valence-corrected chi connectivity index (χ2v) is 6.79. The van der Waals surface area contributed by atoms with Crippen molar-refractivity contribution >= 4 is 11.9 Å². The Morgan fingerprint density at radius 2 is 1.77 bits per heavy atom. The fourth-order valence-corrected chi connectivity index (χ4v) is 3.47. The van der Waals surface area contributed by atoms with E-state index in [1.807, 2.05) is 13.0 Å². The molecule has 0 bridgehead atoms. The first-order valence-corrected chi connectivity index (χ1v) is 9.02. The van der Waals surface area contributed by atoms with Crippen LogP contribution in [0.3, 0.4) is 0 Å². The van der Waals surface area contributed by atoms with Crippen LogP contribution in [-0.4, -0.2) is 31.7 Å². The lowest BCUT2D eigenvalue weighted by atomic mass is 9.89. The van der Waals surface area contributed by atoms with Gasteiger partial charge in [0.1, 0.15) is 17.0 Å². The maximum Gasteiger partial charge on any atom is 0.316 e. The summed E-state index contributed by atoms with van der Waals surface area (Å²) in [5, 5.41) is 5.72. The summed E-state index contributed by atoms with van der Waals surface area (Å²) in [7, 11) is 3.16. The molecule has 1 aliphatic carbocycles. The SMILES string of the molecule is COc1ccc(OC)c([C@H](C)NC(=O)NC2(C(N)=O)CCCCCC2)c1. The summed E-state index contributed by atoms with van der Waals surface area (Å²) in [5.74, 6) is 0.853. The molecular formula is C19H29N3O4. The Morgan fingerprint density at radius 3 is 2.31 bits per heavy atom. The Balaban J connectivity index is 2.12. The lowest BCUT2D eigenvalue weighted by Crippen LogP contribution is -2.59. The highest BCUT2D eigenvalue weighted by Gasteiger charge is 2.38. The third-order valence-electron chi connectivity index (χ3n) is 5.03. The zero-order valence-corrected chi connectivity index (χ0v) is 15.8. The molecule has 0 heterocycles. The molecule has 0 radical (unpaired) electrons. The topological polar surface area (TPSA) is 103 Å². The molecule has 0 saturated heterocycles. The van der Waals surface area contributed by atoms with Crippen LogP contribution >= 0.6 is 0 Å². The van der Waals surface area contributed by atoms with E-state index in [-0.39, 0.29) is 6.04 Å². The second-order valence-electron chi connectivity index (χ2n) is 6.79.